The molecule has 1 aromatic carbocycles. The summed E-state index contributed by atoms with van der Waals surface area (Å²) >= 11 is 0. The van der Waals surface area contributed by atoms with Crippen molar-refractivity contribution in [1.29, 1.82) is 0 Å². The van der Waals surface area contributed by atoms with Gasteiger partial charge >= 0.3 is 5.97 Å². The second-order valence-corrected chi connectivity index (χ2v) is 5.40. The van der Waals surface area contributed by atoms with Gasteiger partial charge in [0.1, 0.15) is 18.5 Å². The fourth-order valence-electron chi connectivity index (χ4n) is 2.56. The van der Waals surface area contributed by atoms with E-state index in [0.29, 0.717) is 22.5 Å². The Hall–Kier alpha value is -3.04. The number of esters is 1. The van der Waals surface area contributed by atoms with Crippen LogP contribution in [0.1, 0.15) is 16.6 Å². The predicted molar refractivity (Wildman–Crippen MR) is 86.3 cm³/mol. The summed E-state index contributed by atoms with van der Waals surface area (Å²) in [6.45, 7) is 0.275. The van der Waals surface area contributed by atoms with Crippen molar-refractivity contribution in [2.24, 2.45) is 0 Å². The van der Waals surface area contributed by atoms with Crippen LogP contribution >= 0.6 is 0 Å². The lowest BCUT2D eigenvalue weighted by atomic mass is 10.2. The van der Waals surface area contributed by atoms with E-state index in [1.807, 2.05) is 6.07 Å². The molecule has 4 rings (SSSR count). The highest BCUT2D eigenvalue weighted by atomic mass is 16.7. The highest BCUT2D eigenvalue weighted by molar-refractivity contribution is 5.89. The Balaban J connectivity index is 1.40. The molecule has 0 saturated carbocycles. The monoisotopic (exact) mass is 341 g/mol. The molecule has 0 spiro atoms. The number of fused-ring (bicyclic) bond motifs is 1. The molecule has 0 bridgehead atoms. The summed E-state index contributed by atoms with van der Waals surface area (Å²) in [7, 11) is 0. The first-order chi connectivity index (χ1) is 12.2. The number of nitrogens with two attached hydrogens (primary N) is 1. The summed E-state index contributed by atoms with van der Waals surface area (Å²) in [4.78, 5) is 24.2. The zero-order chi connectivity index (χ0) is 17.2. The Morgan fingerprint density at radius 3 is 2.96 bits per heavy atom. The molecule has 2 unspecified atom stereocenters. The molecule has 0 radical (unpaired) electrons. The molecule has 25 heavy (non-hydrogen) atoms. The summed E-state index contributed by atoms with van der Waals surface area (Å²) in [5.74, 6) is -0.124. The summed E-state index contributed by atoms with van der Waals surface area (Å²) in [5, 5.41) is 0. The van der Waals surface area contributed by atoms with Gasteiger partial charge in [-0.25, -0.2) is 19.7 Å². The molecule has 3 aromatic rings. The van der Waals surface area contributed by atoms with E-state index in [0.717, 1.165) is 0 Å². The lowest BCUT2D eigenvalue weighted by Crippen LogP contribution is -2.20. The normalized spacial score (nSPS) is 20.0. The largest absolute Gasteiger partial charge is 0.457 e. The Morgan fingerprint density at radius 2 is 2.12 bits per heavy atom. The molecular formula is C16H15N5O4. The molecule has 128 valence electrons. The van der Waals surface area contributed by atoms with Gasteiger partial charge in [0.25, 0.3) is 0 Å². The van der Waals surface area contributed by atoms with Crippen molar-refractivity contribution >= 4 is 23.0 Å². The van der Waals surface area contributed by atoms with Gasteiger partial charge in [-0.05, 0) is 12.1 Å². The van der Waals surface area contributed by atoms with Crippen LogP contribution in [0.3, 0.4) is 0 Å². The van der Waals surface area contributed by atoms with E-state index in [1.54, 1.807) is 35.2 Å². The van der Waals surface area contributed by atoms with E-state index >= 15 is 0 Å². The lowest BCUT2D eigenvalue weighted by molar-refractivity contribution is -0.102. The number of nitrogen functional groups attached to an aromatic ring is 1. The maximum atomic E-state index is 11.9. The van der Waals surface area contributed by atoms with E-state index < -0.39 is 18.5 Å². The quantitative estimate of drug-likeness (QED) is 0.703. The minimum atomic E-state index is -0.658. The number of carbonyl (C=O) groups is 1. The van der Waals surface area contributed by atoms with E-state index in [9.17, 15) is 4.79 Å². The molecule has 2 atom stereocenters. The number of imidazole rings is 1. The summed E-state index contributed by atoms with van der Waals surface area (Å²) < 4.78 is 18.2. The minimum Gasteiger partial charge on any atom is -0.457 e. The van der Waals surface area contributed by atoms with Crippen molar-refractivity contribution in [1.82, 2.24) is 19.5 Å². The van der Waals surface area contributed by atoms with E-state index in [2.05, 4.69) is 15.0 Å². The van der Waals surface area contributed by atoms with Gasteiger partial charge in [0.15, 0.2) is 24.0 Å². The van der Waals surface area contributed by atoms with Crippen LogP contribution in [0.2, 0.25) is 0 Å². The van der Waals surface area contributed by atoms with Crippen molar-refractivity contribution in [2.75, 3.05) is 18.9 Å². The number of hydrogen-bond donors (Lipinski definition) is 1. The van der Waals surface area contributed by atoms with Gasteiger partial charge in [0.2, 0.25) is 0 Å². The van der Waals surface area contributed by atoms with E-state index in [1.165, 1.54) is 6.33 Å². The molecule has 9 heteroatoms. The van der Waals surface area contributed by atoms with Crippen LogP contribution in [0, 0.1) is 0 Å². The molecule has 1 fully saturated rings. The molecule has 9 nitrogen and oxygen atoms in total. The molecule has 1 aliphatic heterocycles. The summed E-state index contributed by atoms with van der Waals surface area (Å²) in [6.07, 6.45) is 1.85. The van der Waals surface area contributed by atoms with Crippen LogP contribution in [-0.2, 0) is 14.2 Å². The van der Waals surface area contributed by atoms with Crippen molar-refractivity contribution in [3.8, 4) is 0 Å². The second kappa shape index (κ2) is 6.46. The van der Waals surface area contributed by atoms with Gasteiger partial charge in [0, 0.05) is 0 Å². The first-order valence-corrected chi connectivity index (χ1v) is 7.64. The fraction of sp³-hybridized carbons (Fsp3) is 0.250. The molecule has 0 amide bonds. The van der Waals surface area contributed by atoms with Crippen molar-refractivity contribution in [2.45, 2.75) is 12.5 Å². The van der Waals surface area contributed by atoms with Crippen molar-refractivity contribution in [3.05, 3.63) is 48.5 Å². The predicted octanol–water partition coefficient (Wildman–Crippen LogP) is 1.14. The van der Waals surface area contributed by atoms with Crippen LogP contribution in [0.15, 0.2) is 43.0 Å². The van der Waals surface area contributed by atoms with Crippen LogP contribution in [0.5, 0.6) is 0 Å². The zero-order valence-corrected chi connectivity index (χ0v) is 13.1. The van der Waals surface area contributed by atoms with E-state index in [-0.39, 0.29) is 13.2 Å². The second-order valence-electron chi connectivity index (χ2n) is 5.40. The maximum Gasteiger partial charge on any atom is 0.338 e. The number of nitrogens with zero attached hydrogens (tertiary/aromatic N) is 4. The maximum absolute atomic E-state index is 11.9. The fourth-order valence-corrected chi connectivity index (χ4v) is 2.56. The number of carbonyl (C=O) groups excluding carboxylic acids is 1. The highest BCUT2D eigenvalue weighted by Crippen LogP contribution is 2.25. The zero-order valence-electron chi connectivity index (χ0n) is 13.1. The van der Waals surface area contributed by atoms with Crippen molar-refractivity contribution in [3.63, 3.8) is 0 Å². The van der Waals surface area contributed by atoms with Gasteiger partial charge in [-0.1, -0.05) is 18.2 Å². The van der Waals surface area contributed by atoms with Crippen molar-refractivity contribution < 1.29 is 19.0 Å². The average Bonchev–Trinajstić information content (AvgIpc) is 3.27. The highest BCUT2D eigenvalue weighted by Gasteiger charge is 2.30. The Kier molecular flexibility index (Phi) is 4.00. The summed E-state index contributed by atoms with van der Waals surface area (Å²) in [5.41, 5.74) is 7.32. The Labute approximate surface area is 142 Å². The number of aromatic nitrogens is 4. The number of rotatable bonds is 4. The molecule has 3 heterocycles. The molecule has 2 aromatic heterocycles. The molecule has 0 aliphatic carbocycles. The SMILES string of the molecule is Nc1ncnc2c1ncn2C1COC(COC(=O)c2ccccc2)O1. The van der Waals surface area contributed by atoms with Gasteiger partial charge < -0.3 is 19.9 Å². The topological polar surface area (TPSA) is 114 Å². The number of ether oxygens (including phenoxy) is 3. The van der Waals surface area contributed by atoms with Crippen LogP contribution in [0.4, 0.5) is 5.82 Å². The number of hydrogen-bond acceptors (Lipinski definition) is 8. The number of benzene rings is 1. The standard InChI is InChI=1S/C16H15N5O4/c17-14-13-15(19-8-18-14)21(9-20-13)11-6-23-12(25-11)7-24-16(22)10-4-2-1-3-5-10/h1-5,8-9,11-12H,6-7H2,(H2,17,18,19). The Morgan fingerprint density at radius 1 is 1.28 bits per heavy atom. The first-order valence-electron chi connectivity index (χ1n) is 7.64. The molecule has 1 saturated heterocycles. The summed E-state index contributed by atoms with van der Waals surface area (Å²) in [6, 6.07) is 8.74. The van der Waals surface area contributed by atoms with Gasteiger partial charge in [-0.15, -0.1) is 0 Å². The first kappa shape index (κ1) is 15.5. The molecule has 1 aliphatic rings. The lowest BCUT2D eigenvalue weighted by Gasteiger charge is -2.13. The van der Waals surface area contributed by atoms with Crippen LogP contribution < -0.4 is 5.73 Å². The third kappa shape index (κ3) is 3.02. The number of anilines is 1. The smallest absolute Gasteiger partial charge is 0.338 e. The van der Waals surface area contributed by atoms with Crippen LogP contribution in [-0.4, -0.2) is 45.0 Å². The van der Waals surface area contributed by atoms with Gasteiger partial charge in [-0.3, -0.25) is 4.57 Å². The average molecular weight is 341 g/mol. The minimum absolute atomic E-state index is 0.00597. The van der Waals surface area contributed by atoms with Crippen LogP contribution in [0.25, 0.3) is 11.2 Å². The molecule has 2 N–H and O–H groups in total. The van der Waals surface area contributed by atoms with Gasteiger partial charge in [0.05, 0.1) is 18.5 Å². The van der Waals surface area contributed by atoms with E-state index in [4.69, 9.17) is 19.9 Å². The van der Waals surface area contributed by atoms with Gasteiger partial charge in [-0.2, -0.15) is 0 Å². The third-order valence-corrected chi connectivity index (χ3v) is 3.79. The molecular weight excluding hydrogens is 326 g/mol. The Bertz CT molecular complexity index is 898. The third-order valence-electron chi connectivity index (χ3n) is 3.79.